The number of carbonyl (C=O) groups excluding carboxylic acids is 1. The number of likely N-dealkylation sites (tertiary alicyclic amines) is 2. The van der Waals surface area contributed by atoms with Gasteiger partial charge in [0.05, 0.1) is 30.7 Å². The highest BCUT2D eigenvalue weighted by molar-refractivity contribution is 5.72. The number of morpholine rings is 1. The molecule has 1 amide bonds. The highest BCUT2D eigenvalue weighted by Crippen LogP contribution is 2.42. The summed E-state index contributed by atoms with van der Waals surface area (Å²) in [5, 5.41) is 3.54. The van der Waals surface area contributed by atoms with Gasteiger partial charge in [0.15, 0.2) is 5.75 Å². The number of anilines is 3. The van der Waals surface area contributed by atoms with Crippen LogP contribution >= 0.6 is 0 Å². The molecule has 6 heterocycles. The Morgan fingerprint density at radius 2 is 1.82 bits per heavy atom. The Hall–Kier alpha value is -3.18. The van der Waals surface area contributed by atoms with Gasteiger partial charge in [-0.15, -0.1) is 0 Å². The van der Waals surface area contributed by atoms with Gasteiger partial charge in [-0.3, -0.25) is 9.88 Å². The fourth-order valence-corrected chi connectivity index (χ4v) is 5.86. The fourth-order valence-electron chi connectivity index (χ4n) is 5.86. The molecule has 11 heteroatoms. The number of piperidine rings is 1. The Labute approximate surface area is 229 Å². The zero-order valence-corrected chi connectivity index (χ0v) is 23.4. The molecule has 4 aliphatic rings. The van der Waals surface area contributed by atoms with E-state index in [0.29, 0.717) is 25.2 Å². The molecule has 1 atom stereocenters. The number of pyridine rings is 1. The van der Waals surface area contributed by atoms with Crippen molar-refractivity contribution in [3.63, 3.8) is 0 Å². The van der Waals surface area contributed by atoms with Crippen LogP contribution in [0.1, 0.15) is 63.8 Å². The summed E-state index contributed by atoms with van der Waals surface area (Å²) in [5.41, 5.74) is 2.48. The second-order valence-electron chi connectivity index (χ2n) is 11.9. The summed E-state index contributed by atoms with van der Waals surface area (Å²) in [4.78, 5) is 32.9. The summed E-state index contributed by atoms with van der Waals surface area (Å²) < 4.78 is 17.4. The summed E-state index contributed by atoms with van der Waals surface area (Å²) in [5.74, 6) is 2.79. The Morgan fingerprint density at radius 1 is 1.08 bits per heavy atom. The van der Waals surface area contributed by atoms with Gasteiger partial charge in [0, 0.05) is 43.8 Å². The molecule has 3 saturated heterocycles. The number of fused-ring (bicyclic) bond motifs is 2. The lowest BCUT2D eigenvalue weighted by Crippen LogP contribution is -2.62. The number of hydrogen-bond donors (Lipinski definition) is 1. The van der Waals surface area contributed by atoms with E-state index in [-0.39, 0.29) is 12.2 Å². The van der Waals surface area contributed by atoms with Crippen molar-refractivity contribution in [2.24, 2.45) is 0 Å². The molecule has 0 aromatic carbocycles. The highest BCUT2D eigenvalue weighted by Gasteiger charge is 2.38. The van der Waals surface area contributed by atoms with Gasteiger partial charge in [-0.2, -0.15) is 0 Å². The predicted molar refractivity (Wildman–Crippen MR) is 147 cm³/mol. The molecule has 0 radical (unpaired) electrons. The van der Waals surface area contributed by atoms with E-state index in [1.165, 1.54) is 0 Å². The number of hydrogen-bond acceptors (Lipinski definition) is 10. The van der Waals surface area contributed by atoms with E-state index in [4.69, 9.17) is 19.2 Å². The molecule has 2 aromatic heterocycles. The van der Waals surface area contributed by atoms with Crippen molar-refractivity contribution in [3.8, 4) is 5.75 Å². The first-order valence-corrected chi connectivity index (χ1v) is 14.1. The molecule has 3 fully saturated rings. The van der Waals surface area contributed by atoms with Crippen molar-refractivity contribution in [1.82, 2.24) is 24.8 Å². The Balaban J connectivity index is 1.10. The maximum atomic E-state index is 12.3. The van der Waals surface area contributed by atoms with Gasteiger partial charge in [0.2, 0.25) is 0 Å². The Kier molecular flexibility index (Phi) is 6.96. The number of aromatic nitrogens is 3. The van der Waals surface area contributed by atoms with Crippen LogP contribution in [-0.2, 0) is 9.47 Å². The Morgan fingerprint density at radius 3 is 2.54 bits per heavy atom. The van der Waals surface area contributed by atoms with Gasteiger partial charge < -0.3 is 29.3 Å². The normalized spacial score (nSPS) is 22.6. The third-order valence-corrected chi connectivity index (χ3v) is 8.00. The summed E-state index contributed by atoms with van der Waals surface area (Å²) in [6.45, 7) is 14.2. The summed E-state index contributed by atoms with van der Waals surface area (Å²) in [6.07, 6.45) is 5.11. The third kappa shape index (κ3) is 5.47. The van der Waals surface area contributed by atoms with Crippen LogP contribution in [0.2, 0.25) is 0 Å². The van der Waals surface area contributed by atoms with Gasteiger partial charge >= 0.3 is 6.09 Å². The number of amides is 1. The predicted octanol–water partition coefficient (Wildman–Crippen LogP) is 3.70. The lowest BCUT2D eigenvalue weighted by atomic mass is 9.91. The molecule has 210 valence electrons. The van der Waals surface area contributed by atoms with Crippen molar-refractivity contribution < 1.29 is 19.0 Å². The smallest absolute Gasteiger partial charge is 0.410 e. The van der Waals surface area contributed by atoms with E-state index in [0.717, 1.165) is 86.4 Å². The van der Waals surface area contributed by atoms with E-state index in [2.05, 4.69) is 31.2 Å². The second kappa shape index (κ2) is 10.4. The van der Waals surface area contributed by atoms with Crippen LogP contribution in [0.25, 0.3) is 0 Å². The molecule has 1 unspecified atom stereocenters. The van der Waals surface area contributed by atoms with Crippen LogP contribution in [0, 0.1) is 0 Å². The van der Waals surface area contributed by atoms with Gasteiger partial charge in [-0.05, 0) is 59.7 Å². The van der Waals surface area contributed by atoms with E-state index in [1.807, 2.05) is 33.9 Å². The van der Waals surface area contributed by atoms with Crippen molar-refractivity contribution in [2.45, 2.75) is 64.2 Å². The molecule has 39 heavy (non-hydrogen) atoms. The number of nitrogens with zero attached hydrogens (tertiary/aromatic N) is 6. The maximum absolute atomic E-state index is 12.3. The molecule has 0 spiro atoms. The molecule has 0 bridgehead atoms. The van der Waals surface area contributed by atoms with Crippen LogP contribution in [0.3, 0.4) is 0 Å². The van der Waals surface area contributed by atoms with Crippen LogP contribution in [0.5, 0.6) is 5.75 Å². The number of carbonyl (C=O) groups is 1. The minimum atomic E-state index is -0.459. The molecule has 0 saturated carbocycles. The third-order valence-electron chi connectivity index (χ3n) is 8.00. The van der Waals surface area contributed by atoms with E-state index < -0.39 is 5.60 Å². The van der Waals surface area contributed by atoms with Gasteiger partial charge in [-0.25, -0.2) is 14.8 Å². The van der Waals surface area contributed by atoms with Gasteiger partial charge in [-0.1, -0.05) is 0 Å². The number of rotatable bonds is 3. The topological polar surface area (TPSA) is 105 Å². The van der Waals surface area contributed by atoms with Crippen LogP contribution < -0.4 is 15.0 Å². The average Bonchev–Trinajstić information content (AvgIpc) is 3.03. The molecule has 0 aliphatic carbocycles. The molecule has 4 aliphatic heterocycles. The van der Waals surface area contributed by atoms with Crippen molar-refractivity contribution in [3.05, 3.63) is 29.8 Å². The standard InChI is InChI=1S/C28H39N7O4/c1-18-24-25(30-17-31-26(24)34-9-11-37-12-10-34)32-22-13-21(29-14-23(22)38-18)19-5-7-33(8-6-19)20-15-35(16-20)27(36)39-28(2,3)4/h13-14,17-20H,5-12,15-16H2,1-4H3,(H,30,31,32). The molecule has 2 aromatic rings. The molecular weight excluding hydrogens is 498 g/mol. The minimum absolute atomic E-state index is 0.212. The second-order valence-corrected chi connectivity index (χ2v) is 11.9. The SMILES string of the molecule is CC1Oc2cnc(C3CCN(C4CN(C(=O)OC(C)(C)C)C4)CC3)cc2Nc2ncnc(N3CCOCC3)c21. The number of ether oxygens (including phenoxy) is 3. The fraction of sp³-hybridized carbons (Fsp3) is 0.643. The van der Waals surface area contributed by atoms with E-state index in [9.17, 15) is 4.79 Å². The lowest BCUT2D eigenvalue weighted by Gasteiger charge is -2.47. The van der Waals surface area contributed by atoms with E-state index in [1.54, 1.807) is 11.2 Å². The average molecular weight is 538 g/mol. The molecule has 1 N–H and O–H groups in total. The highest BCUT2D eigenvalue weighted by atomic mass is 16.6. The molecular formula is C28H39N7O4. The van der Waals surface area contributed by atoms with Crippen LogP contribution in [-0.4, -0.2) is 95.0 Å². The summed E-state index contributed by atoms with van der Waals surface area (Å²) in [7, 11) is 0. The zero-order chi connectivity index (χ0) is 27.1. The largest absolute Gasteiger partial charge is 0.482 e. The van der Waals surface area contributed by atoms with Gasteiger partial charge in [0.1, 0.15) is 29.7 Å². The summed E-state index contributed by atoms with van der Waals surface area (Å²) >= 11 is 0. The van der Waals surface area contributed by atoms with Crippen LogP contribution in [0.15, 0.2) is 18.6 Å². The number of nitrogens with one attached hydrogen (secondary N) is 1. The first-order chi connectivity index (χ1) is 18.7. The maximum Gasteiger partial charge on any atom is 0.410 e. The summed E-state index contributed by atoms with van der Waals surface area (Å²) in [6, 6.07) is 2.54. The molecule has 11 nitrogen and oxygen atoms in total. The first kappa shape index (κ1) is 26.1. The van der Waals surface area contributed by atoms with Crippen LogP contribution in [0.4, 0.5) is 22.1 Å². The zero-order valence-electron chi connectivity index (χ0n) is 23.4. The van der Waals surface area contributed by atoms with Crippen molar-refractivity contribution in [1.29, 1.82) is 0 Å². The van der Waals surface area contributed by atoms with Crippen molar-refractivity contribution in [2.75, 3.05) is 62.7 Å². The molecule has 6 rings (SSSR count). The van der Waals surface area contributed by atoms with Gasteiger partial charge in [0.25, 0.3) is 0 Å². The minimum Gasteiger partial charge on any atom is -0.482 e. The van der Waals surface area contributed by atoms with Crippen molar-refractivity contribution >= 4 is 23.4 Å². The quantitative estimate of drug-likeness (QED) is 0.623. The lowest BCUT2D eigenvalue weighted by molar-refractivity contribution is -0.0197. The monoisotopic (exact) mass is 537 g/mol. The first-order valence-electron chi connectivity index (χ1n) is 14.1. The Bertz CT molecular complexity index is 1200. The van der Waals surface area contributed by atoms with E-state index >= 15 is 0 Å².